The van der Waals surface area contributed by atoms with Gasteiger partial charge in [-0.15, -0.1) is 0 Å². The van der Waals surface area contributed by atoms with Crippen molar-refractivity contribution in [3.05, 3.63) is 70.9 Å². The Morgan fingerprint density at radius 1 is 0.882 bits per heavy atom. The molecule has 0 radical (unpaired) electrons. The molecule has 6 aromatic rings. The van der Waals surface area contributed by atoms with Crippen molar-refractivity contribution in [3.63, 3.8) is 0 Å². The van der Waals surface area contributed by atoms with Gasteiger partial charge in [0.2, 0.25) is 5.52 Å². The lowest BCUT2D eigenvalue weighted by Gasteiger charge is -2.19. The number of hydrogen-bond acceptors (Lipinski definition) is 0. The van der Waals surface area contributed by atoms with E-state index in [1.54, 1.807) is 0 Å². The van der Waals surface area contributed by atoms with E-state index in [1.807, 2.05) is 0 Å². The quantitative estimate of drug-likeness (QED) is 0.145. The van der Waals surface area contributed by atoms with Crippen molar-refractivity contribution in [2.75, 3.05) is 0 Å². The molecular formula is C32H35N2+. The number of aromatic nitrogens is 2. The third-order valence-electron chi connectivity index (χ3n) is 7.83. The summed E-state index contributed by atoms with van der Waals surface area (Å²) in [4.78, 5) is 0. The highest BCUT2D eigenvalue weighted by atomic mass is 15.0. The molecule has 0 spiro atoms. The van der Waals surface area contributed by atoms with Crippen molar-refractivity contribution < 1.29 is 4.57 Å². The van der Waals surface area contributed by atoms with Crippen molar-refractivity contribution in [2.24, 2.45) is 13.0 Å². The minimum atomic E-state index is 0.105. The zero-order valence-electron chi connectivity index (χ0n) is 21.8. The fraction of sp³-hybridized carbons (Fsp3) is 0.344. The highest BCUT2D eigenvalue weighted by Gasteiger charge is 2.26. The first-order valence-electron chi connectivity index (χ1n) is 12.6. The smallest absolute Gasteiger partial charge is 0.224 e. The van der Waals surface area contributed by atoms with Gasteiger partial charge in [-0.2, -0.15) is 0 Å². The molecular weight excluding hydrogens is 412 g/mol. The molecule has 3 aromatic carbocycles. The molecule has 34 heavy (non-hydrogen) atoms. The lowest BCUT2D eigenvalue weighted by atomic mass is 9.86. The normalized spacial score (nSPS) is 13.1. The Bertz CT molecular complexity index is 1760. The maximum Gasteiger partial charge on any atom is 0.224 e. The van der Waals surface area contributed by atoms with Gasteiger partial charge in [0.25, 0.3) is 0 Å². The molecule has 0 saturated heterocycles. The summed E-state index contributed by atoms with van der Waals surface area (Å²) in [5, 5.41) is 6.82. The van der Waals surface area contributed by atoms with Crippen LogP contribution in [0.5, 0.6) is 0 Å². The van der Waals surface area contributed by atoms with E-state index in [0.29, 0.717) is 5.92 Å². The second-order valence-corrected chi connectivity index (χ2v) is 11.9. The Hall–Kier alpha value is -3.13. The molecule has 3 heterocycles. The average molecular weight is 448 g/mol. The van der Waals surface area contributed by atoms with E-state index in [2.05, 4.69) is 113 Å². The van der Waals surface area contributed by atoms with E-state index in [1.165, 1.54) is 71.3 Å². The molecule has 0 fully saturated rings. The van der Waals surface area contributed by atoms with E-state index < -0.39 is 0 Å². The van der Waals surface area contributed by atoms with Gasteiger partial charge in [0.1, 0.15) is 7.05 Å². The number of benzene rings is 3. The Morgan fingerprint density at radius 3 is 2.35 bits per heavy atom. The molecule has 0 amide bonds. The number of aryl methyl sites for hydroxylation is 3. The van der Waals surface area contributed by atoms with E-state index >= 15 is 0 Å². The first kappa shape index (κ1) is 21.4. The summed E-state index contributed by atoms with van der Waals surface area (Å²) < 4.78 is 4.91. The van der Waals surface area contributed by atoms with Crippen LogP contribution >= 0.6 is 0 Å². The summed E-state index contributed by atoms with van der Waals surface area (Å²) in [6.07, 6.45) is 3.33. The zero-order valence-corrected chi connectivity index (χ0v) is 21.8. The SMILES string of the molecule is Cc1cc2c3ccc(C(C)(C)C)cc3n3c4cc(CC(C)C)cc5cc[n+](C)c(c(c1C)c23)c54. The van der Waals surface area contributed by atoms with Gasteiger partial charge in [-0.05, 0) is 77.4 Å². The summed E-state index contributed by atoms with van der Waals surface area (Å²) >= 11 is 0. The van der Waals surface area contributed by atoms with Crippen molar-refractivity contribution in [1.29, 1.82) is 0 Å². The number of rotatable bonds is 2. The highest BCUT2D eigenvalue weighted by Crippen LogP contribution is 2.43. The second kappa shape index (κ2) is 6.95. The minimum absolute atomic E-state index is 0.105. The summed E-state index contributed by atoms with van der Waals surface area (Å²) in [5.74, 6) is 0.624. The highest BCUT2D eigenvalue weighted by molar-refractivity contribution is 6.26. The second-order valence-electron chi connectivity index (χ2n) is 11.9. The summed E-state index contributed by atoms with van der Waals surface area (Å²) in [6.45, 7) is 16.1. The van der Waals surface area contributed by atoms with Crippen LogP contribution in [0, 0.1) is 19.8 Å². The maximum atomic E-state index is 2.58. The van der Waals surface area contributed by atoms with E-state index in [-0.39, 0.29) is 5.41 Å². The topological polar surface area (TPSA) is 8.29 Å². The van der Waals surface area contributed by atoms with Crippen molar-refractivity contribution >= 4 is 49.0 Å². The van der Waals surface area contributed by atoms with Crippen LogP contribution in [0.3, 0.4) is 0 Å². The molecule has 2 heteroatoms. The van der Waals surface area contributed by atoms with Gasteiger partial charge in [0, 0.05) is 16.8 Å². The van der Waals surface area contributed by atoms with Crippen LogP contribution in [0.15, 0.2) is 48.7 Å². The molecule has 0 bridgehead atoms. The molecule has 0 saturated carbocycles. The summed E-state index contributed by atoms with van der Waals surface area (Å²) in [5.41, 5.74) is 11.0. The number of fused-ring (bicyclic) bond motifs is 5. The van der Waals surface area contributed by atoms with Crippen LogP contribution in [-0.4, -0.2) is 4.40 Å². The van der Waals surface area contributed by atoms with Crippen molar-refractivity contribution in [2.45, 2.75) is 60.3 Å². The standard InChI is InChI=1S/C32H35N2/c1-18(2)13-21-15-22-11-12-33(8)31-28-20(4)19(3)14-25-24-10-9-23(32(5,6)7)17-26(24)34(30(25)28)27(16-21)29(22)31/h9-12,14-18H,13H2,1-8H3/q+1. The van der Waals surface area contributed by atoms with Gasteiger partial charge >= 0.3 is 0 Å². The number of hydrogen-bond donors (Lipinski definition) is 0. The van der Waals surface area contributed by atoms with Gasteiger partial charge < -0.3 is 4.40 Å². The molecule has 6 rings (SSSR count). The van der Waals surface area contributed by atoms with Crippen LogP contribution < -0.4 is 4.57 Å². The average Bonchev–Trinajstić information content (AvgIpc) is 3.08. The monoisotopic (exact) mass is 447 g/mol. The third kappa shape index (κ3) is 2.84. The molecule has 0 aliphatic heterocycles. The molecule has 0 aliphatic rings. The van der Waals surface area contributed by atoms with Crippen molar-refractivity contribution in [1.82, 2.24) is 4.40 Å². The first-order chi connectivity index (χ1) is 16.1. The molecule has 0 aliphatic carbocycles. The van der Waals surface area contributed by atoms with Crippen LogP contribution in [0.1, 0.15) is 56.9 Å². The van der Waals surface area contributed by atoms with Crippen molar-refractivity contribution in [3.8, 4) is 0 Å². The molecule has 0 unspecified atom stereocenters. The Labute approximate surface area is 202 Å². The Kier molecular flexibility index (Phi) is 4.37. The van der Waals surface area contributed by atoms with E-state index in [0.717, 1.165) is 6.42 Å². The molecule has 2 nitrogen and oxygen atoms in total. The maximum absolute atomic E-state index is 2.58. The van der Waals surface area contributed by atoms with Gasteiger partial charge in [-0.25, -0.2) is 4.57 Å². The van der Waals surface area contributed by atoms with E-state index in [4.69, 9.17) is 0 Å². The number of pyridine rings is 2. The Morgan fingerprint density at radius 2 is 1.65 bits per heavy atom. The largest absolute Gasteiger partial charge is 0.307 e. The minimum Gasteiger partial charge on any atom is -0.307 e. The van der Waals surface area contributed by atoms with Crippen LogP contribution in [0.2, 0.25) is 0 Å². The molecule has 0 atom stereocenters. The predicted molar refractivity (Wildman–Crippen MR) is 146 cm³/mol. The summed E-state index contributed by atoms with van der Waals surface area (Å²) in [6, 6.07) is 16.7. The fourth-order valence-corrected chi connectivity index (χ4v) is 6.02. The molecule has 0 N–H and O–H groups in total. The zero-order chi connectivity index (χ0) is 24.1. The van der Waals surface area contributed by atoms with Crippen LogP contribution in [-0.2, 0) is 18.9 Å². The lowest BCUT2D eigenvalue weighted by Crippen LogP contribution is -2.29. The first-order valence-corrected chi connectivity index (χ1v) is 12.6. The van der Waals surface area contributed by atoms with Gasteiger partial charge in [-0.1, -0.05) is 52.8 Å². The van der Waals surface area contributed by atoms with Crippen LogP contribution in [0.4, 0.5) is 0 Å². The van der Waals surface area contributed by atoms with Gasteiger partial charge in [-0.3, -0.25) is 0 Å². The number of nitrogens with zero attached hydrogens (tertiary/aromatic N) is 2. The van der Waals surface area contributed by atoms with Gasteiger partial charge in [0.05, 0.1) is 27.3 Å². The molecule has 3 aromatic heterocycles. The van der Waals surface area contributed by atoms with Crippen LogP contribution in [0.25, 0.3) is 49.0 Å². The van der Waals surface area contributed by atoms with E-state index in [9.17, 15) is 0 Å². The third-order valence-corrected chi connectivity index (χ3v) is 7.83. The summed E-state index contributed by atoms with van der Waals surface area (Å²) in [7, 11) is 2.20. The fourth-order valence-electron chi connectivity index (χ4n) is 6.02. The lowest BCUT2D eigenvalue weighted by molar-refractivity contribution is -0.643. The Balaban J connectivity index is 1.98. The van der Waals surface area contributed by atoms with Gasteiger partial charge in [0.15, 0.2) is 6.20 Å². The molecule has 172 valence electrons. The predicted octanol–water partition coefficient (Wildman–Crippen LogP) is 7.93.